The van der Waals surface area contributed by atoms with E-state index in [2.05, 4.69) is 16.7 Å². The fourth-order valence-corrected chi connectivity index (χ4v) is 5.42. The molecule has 0 radical (unpaired) electrons. The summed E-state index contributed by atoms with van der Waals surface area (Å²) in [5.74, 6) is 6.11. The largest absolute Gasteiger partial charge is 0.379 e. The second kappa shape index (κ2) is 15.2. The van der Waals surface area contributed by atoms with Crippen LogP contribution in [0.3, 0.4) is 0 Å². The molecule has 1 saturated heterocycles. The Hall–Kier alpha value is -4.07. The molecule has 218 valence electrons. The van der Waals surface area contributed by atoms with Crippen molar-refractivity contribution < 1.29 is 14.3 Å². The Bertz CT molecular complexity index is 1680. The molecule has 0 saturated carbocycles. The van der Waals surface area contributed by atoms with Crippen LogP contribution in [-0.4, -0.2) is 83.1 Å². The minimum absolute atomic E-state index is 0.641. The average Bonchev–Trinajstić information content (AvgIpc) is 3.74. The molecule has 1 fully saturated rings. The van der Waals surface area contributed by atoms with E-state index in [4.69, 9.17) is 9.72 Å². The Balaban J connectivity index is 0.000000190. The zero-order valence-electron chi connectivity index (χ0n) is 24.6. The van der Waals surface area contributed by atoms with E-state index in [-0.39, 0.29) is 0 Å². The standard InChI is InChI=1S/C17H17N3O2S.C14H14N2O.C2H6/c21-11-13-9-14-3-1-2-4-20(14)17(13)15-12-23-16(18-15)10-19-5-7-22-8-6-19;1-15(2)8-5-7-14-12(11-17)10-13-6-3-4-9-16(13)14;1-2/h1-4,9,11-12H,5-8,10H2;3-4,6,9-11H,8H2,1-2H3;1-2H3. The highest BCUT2D eigenvalue weighted by Gasteiger charge is 2.17. The Morgan fingerprint density at radius 2 is 1.60 bits per heavy atom. The van der Waals surface area contributed by atoms with E-state index in [1.807, 2.05) is 108 Å². The number of ether oxygens (including phenoxy) is 1. The lowest BCUT2D eigenvalue weighted by Crippen LogP contribution is -2.35. The monoisotopic (exact) mass is 583 g/mol. The summed E-state index contributed by atoms with van der Waals surface area (Å²) in [7, 11) is 3.93. The third kappa shape index (κ3) is 7.41. The number of rotatable bonds is 6. The SMILES string of the molecule is CC.CN(C)CC#Cc1c(C=O)cc2ccccn12.O=Cc1cc2ccccn2c1-c1csc(CN2CCOCC2)n1. The predicted octanol–water partition coefficient (Wildman–Crippen LogP) is 5.40. The minimum Gasteiger partial charge on any atom is -0.379 e. The maximum Gasteiger partial charge on any atom is 0.152 e. The molecule has 0 N–H and O–H groups in total. The van der Waals surface area contributed by atoms with Crippen molar-refractivity contribution in [3.05, 3.63) is 88.1 Å². The molecule has 0 bridgehead atoms. The van der Waals surface area contributed by atoms with Crippen LogP contribution in [0.2, 0.25) is 0 Å². The number of nitrogens with zero attached hydrogens (tertiary/aromatic N) is 5. The summed E-state index contributed by atoms with van der Waals surface area (Å²) < 4.78 is 9.34. The van der Waals surface area contributed by atoms with Crippen LogP contribution in [0, 0.1) is 11.8 Å². The Labute approximate surface area is 251 Å². The highest BCUT2D eigenvalue weighted by atomic mass is 32.1. The molecule has 0 atom stereocenters. The van der Waals surface area contributed by atoms with Crippen LogP contribution in [0.5, 0.6) is 0 Å². The van der Waals surface area contributed by atoms with Gasteiger partial charge < -0.3 is 13.5 Å². The van der Waals surface area contributed by atoms with Crippen molar-refractivity contribution in [3.63, 3.8) is 0 Å². The normalized spacial score (nSPS) is 13.1. The zero-order chi connectivity index (χ0) is 29.9. The van der Waals surface area contributed by atoms with Crippen molar-refractivity contribution in [1.29, 1.82) is 0 Å². The average molecular weight is 584 g/mol. The van der Waals surface area contributed by atoms with E-state index in [9.17, 15) is 9.59 Å². The molecule has 6 heterocycles. The number of fused-ring (bicyclic) bond motifs is 2. The summed E-state index contributed by atoms with van der Waals surface area (Å²) in [4.78, 5) is 31.5. The summed E-state index contributed by atoms with van der Waals surface area (Å²) in [5.41, 5.74) is 5.82. The first-order valence-corrected chi connectivity index (χ1v) is 14.9. The summed E-state index contributed by atoms with van der Waals surface area (Å²) >= 11 is 1.65. The number of aldehydes is 2. The molecule has 0 spiro atoms. The van der Waals surface area contributed by atoms with E-state index < -0.39 is 0 Å². The zero-order valence-corrected chi connectivity index (χ0v) is 25.4. The summed E-state index contributed by atoms with van der Waals surface area (Å²) in [6, 6.07) is 15.5. The quantitative estimate of drug-likeness (QED) is 0.197. The fraction of sp³-hybridized carbons (Fsp3) is 0.303. The van der Waals surface area contributed by atoms with E-state index in [1.165, 1.54) is 0 Å². The number of hydrogen-bond donors (Lipinski definition) is 0. The van der Waals surface area contributed by atoms with Gasteiger partial charge in [0.1, 0.15) is 10.7 Å². The molecule has 0 aliphatic carbocycles. The van der Waals surface area contributed by atoms with Gasteiger partial charge >= 0.3 is 0 Å². The molecular formula is C33H37N5O3S. The van der Waals surface area contributed by atoms with Gasteiger partial charge in [-0.15, -0.1) is 11.3 Å². The van der Waals surface area contributed by atoms with Crippen LogP contribution in [0.15, 0.2) is 66.3 Å². The van der Waals surface area contributed by atoms with Gasteiger partial charge in [0.05, 0.1) is 37.7 Å². The molecule has 1 aliphatic heterocycles. The van der Waals surface area contributed by atoms with Gasteiger partial charge in [-0.1, -0.05) is 31.9 Å². The third-order valence-corrected chi connectivity index (χ3v) is 7.36. The number of carbonyl (C=O) groups excluding carboxylic acids is 2. The molecule has 1 aliphatic rings. The van der Waals surface area contributed by atoms with Gasteiger partial charge in [0.25, 0.3) is 0 Å². The lowest BCUT2D eigenvalue weighted by atomic mass is 10.2. The van der Waals surface area contributed by atoms with Crippen molar-refractivity contribution in [2.24, 2.45) is 0 Å². The van der Waals surface area contributed by atoms with Gasteiger partial charge in [-0.25, -0.2) is 4.98 Å². The number of thiazole rings is 1. The predicted molar refractivity (Wildman–Crippen MR) is 170 cm³/mol. The van der Waals surface area contributed by atoms with Gasteiger partial charge in [-0.2, -0.15) is 0 Å². The number of morpholine rings is 1. The van der Waals surface area contributed by atoms with Crippen molar-refractivity contribution in [2.45, 2.75) is 20.4 Å². The van der Waals surface area contributed by atoms with E-state index in [1.54, 1.807) is 11.3 Å². The van der Waals surface area contributed by atoms with Crippen LogP contribution in [0.25, 0.3) is 22.4 Å². The van der Waals surface area contributed by atoms with Gasteiger partial charge in [0.2, 0.25) is 0 Å². The molecular weight excluding hydrogens is 546 g/mol. The topological polar surface area (TPSA) is 71.6 Å². The van der Waals surface area contributed by atoms with Crippen molar-refractivity contribution >= 4 is 34.9 Å². The molecule has 9 heteroatoms. The van der Waals surface area contributed by atoms with Gasteiger partial charge in [-0.05, 0) is 56.4 Å². The smallest absolute Gasteiger partial charge is 0.152 e. The fourth-order valence-electron chi connectivity index (χ4n) is 4.60. The van der Waals surface area contributed by atoms with E-state index in [0.717, 1.165) is 78.5 Å². The number of hydrogen-bond acceptors (Lipinski definition) is 7. The van der Waals surface area contributed by atoms with Crippen molar-refractivity contribution in [1.82, 2.24) is 23.6 Å². The Morgan fingerprint density at radius 1 is 0.952 bits per heavy atom. The highest BCUT2D eigenvalue weighted by molar-refractivity contribution is 7.09. The molecule has 5 aromatic heterocycles. The third-order valence-electron chi connectivity index (χ3n) is 6.53. The molecule has 0 amide bonds. The van der Waals surface area contributed by atoms with Crippen LogP contribution < -0.4 is 0 Å². The lowest BCUT2D eigenvalue weighted by Gasteiger charge is -2.25. The number of aromatic nitrogens is 3. The summed E-state index contributed by atoms with van der Waals surface area (Å²) in [6.07, 6.45) is 5.65. The first-order chi connectivity index (χ1) is 20.6. The van der Waals surface area contributed by atoms with Crippen LogP contribution in [0.1, 0.15) is 45.3 Å². The van der Waals surface area contributed by atoms with Crippen LogP contribution >= 0.6 is 11.3 Å². The molecule has 8 nitrogen and oxygen atoms in total. The lowest BCUT2D eigenvalue weighted by molar-refractivity contribution is 0.0341. The maximum atomic E-state index is 11.4. The van der Waals surface area contributed by atoms with Crippen LogP contribution in [0.4, 0.5) is 0 Å². The van der Waals surface area contributed by atoms with E-state index in [0.29, 0.717) is 17.7 Å². The molecule has 0 unspecified atom stereocenters. The molecule has 42 heavy (non-hydrogen) atoms. The maximum absolute atomic E-state index is 11.4. The molecule has 0 aromatic carbocycles. The molecule has 6 rings (SSSR count). The number of pyridine rings is 2. The van der Waals surface area contributed by atoms with Crippen LogP contribution in [-0.2, 0) is 11.3 Å². The Morgan fingerprint density at radius 3 is 2.26 bits per heavy atom. The second-order valence-electron chi connectivity index (χ2n) is 9.68. The summed E-state index contributed by atoms with van der Waals surface area (Å²) in [6.45, 7) is 8.99. The first-order valence-electron chi connectivity index (χ1n) is 14.1. The second-order valence-corrected chi connectivity index (χ2v) is 10.6. The Kier molecular flexibility index (Phi) is 11.2. The first kappa shape index (κ1) is 30.9. The van der Waals surface area contributed by atoms with Crippen molar-refractivity contribution in [3.8, 4) is 23.2 Å². The summed E-state index contributed by atoms with van der Waals surface area (Å²) in [5, 5.41) is 3.11. The van der Waals surface area contributed by atoms with Gasteiger partial charge in [0.15, 0.2) is 12.6 Å². The number of carbonyl (C=O) groups is 2. The van der Waals surface area contributed by atoms with Gasteiger partial charge in [-0.3, -0.25) is 19.4 Å². The highest BCUT2D eigenvalue weighted by Crippen LogP contribution is 2.28. The van der Waals surface area contributed by atoms with Gasteiger partial charge in [0, 0.05) is 53.0 Å². The van der Waals surface area contributed by atoms with E-state index >= 15 is 0 Å². The molecule has 5 aromatic rings. The minimum atomic E-state index is 0.641. The van der Waals surface area contributed by atoms with Crippen molar-refractivity contribution in [2.75, 3.05) is 46.9 Å².